The number of aliphatic hydroxyl groups is 1. The highest BCUT2D eigenvalue weighted by Crippen LogP contribution is 2.84. The summed E-state index contributed by atoms with van der Waals surface area (Å²) in [7, 11) is 1.55. The molecule has 0 amide bonds. The molecule has 1 spiro atoms. The fourth-order valence-electron chi connectivity index (χ4n) is 8.83. The largest absolute Gasteiger partial charge is 0.667 e. The van der Waals surface area contributed by atoms with Gasteiger partial charge in [0.15, 0.2) is 0 Å². The Labute approximate surface area is 164 Å². The normalized spacial score (nSPS) is 47.2. The quantitative estimate of drug-likeness (QED) is 0.788. The van der Waals surface area contributed by atoms with Crippen molar-refractivity contribution in [2.75, 3.05) is 13.7 Å². The molecule has 148 valence electrons. The highest BCUT2D eigenvalue weighted by Gasteiger charge is 2.83. The Morgan fingerprint density at radius 1 is 1.36 bits per heavy atom. The van der Waals surface area contributed by atoms with Gasteiger partial charge in [-0.05, 0) is 54.9 Å². The molecule has 0 radical (unpaired) electrons. The second kappa shape index (κ2) is 4.82. The summed E-state index contributed by atoms with van der Waals surface area (Å²) < 4.78 is 5.51. The first-order valence-corrected chi connectivity index (χ1v) is 10.4. The smallest absolute Gasteiger partial charge is 0.334 e. The Kier molecular flexibility index (Phi) is 2.94. The lowest BCUT2D eigenvalue weighted by Gasteiger charge is -2.68. The van der Waals surface area contributed by atoms with Crippen molar-refractivity contribution in [2.24, 2.45) is 22.7 Å². The van der Waals surface area contributed by atoms with Crippen molar-refractivity contribution in [3.8, 4) is 0 Å². The van der Waals surface area contributed by atoms with Crippen molar-refractivity contribution in [3.63, 3.8) is 0 Å². The number of methoxy groups -OCH3 is 1. The van der Waals surface area contributed by atoms with Gasteiger partial charge in [0.05, 0.1) is 17.6 Å². The second-order valence-electron chi connectivity index (χ2n) is 9.78. The van der Waals surface area contributed by atoms with Crippen molar-refractivity contribution < 1.29 is 19.7 Å². The zero-order valence-electron chi connectivity index (χ0n) is 16.4. The Morgan fingerprint density at radius 2 is 2.14 bits per heavy atom. The van der Waals surface area contributed by atoms with Gasteiger partial charge in [-0.3, -0.25) is 0 Å². The lowest BCUT2D eigenvalue weighted by molar-refractivity contribution is -0.157. The lowest BCUT2D eigenvalue weighted by Crippen LogP contribution is -2.70. The number of hydrogen-bond acceptors (Lipinski definition) is 3. The average molecular weight is 380 g/mol. The summed E-state index contributed by atoms with van der Waals surface area (Å²) in [6, 6.07) is 2.02. The summed E-state index contributed by atoms with van der Waals surface area (Å²) in [6.45, 7) is 2.32. The molecular formula is C23H26NO4-. The molecule has 0 aromatic carbocycles. The zero-order valence-corrected chi connectivity index (χ0v) is 16.4. The summed E-state index contributed by atoms with van der Waals surface area (Å²) in [5.41, 5.74) is 0.397. The van der Waals surface area contributed by atoms with E-state index in [1.807, 2.05) is 12.3 Å². The van der Waals surface area contributed by atoms with E-state index in [9.17, 15) is 15.0 Å². The summed E-state index contributed by atoms with van der Waals surface area (Å²) in [4.78, 5) is 17.3. The number of carboxylic acids is 1. The van der Waals surface area contributed by atoms with E-state index < -0.39 is 17.0 Å². The third kappa shape index (κ3) is 1.34. The van der Waals surface area contributed by atoms with Crippen LogP contribution in [0.15, 0.2) is 35.6 Å². The molecule has 5 heteroatoms. The van der Waals surface area contributed by atoms with Crippen LogP contribution in [0.4, 0.5) is 0 Å². The number of rotatable bonds is 3. The lowest BCUT2D eigenvalue weighted by atomic mass is 9.36. The van der Waals surface area contributed by atoms with E-state index in [-0.39, 0.29) is 23.0 Å². The van der Waals surface area contributed by atoms with Gasteiger partial charge in [-0.25, -0.2) is 4.79 Å². The molecule has 2 fully saturated rings. The molecule has 2 bridgehead atoms. The predicted octanol–water partition coefficient (Wildman–Crippen LogP) is 2.59. The number of carbonyl (C=O) groups is 1. The second-order valence-corrected chi connectivity index (χ2v) is 9.78. The summed E-state index contributed by atoms with van der Waals surface area (Å²) in [5, 5.41) is 22.6. The summed E-state index contributed by atoms with van der Waals surface area (Å²) >= 11 is 0. The van der Waals surface area contributed by atoms with Crippen LogP contribution in [0.5, 0.6) is 0 Å². The summed E-state index contributed by atoms with van der Waals surface area (Å²) in [6.07, 6.45) is 11.0. The molecule has 5 nitrogen and oxygen atoms in total. The molecule has 2 saturated carbocycles. The van der Waals surface area contributed by atoms with Gasteiger partial charge < -0.3 is 19.9 Å². The van der Waals surface area contributed by atoms with Gasteiger partial charge in [0.25, 0.3) is 0 Å². The number of nitrogens with zero attached hydrogens (tertiary/aromatic N) is 1. The van der Waals surface area contributed by atoms with Crippen LogP contribution in [0.25, 0.3) is 0 Å². The minimum Gasteiger partial charge on any atom is -0.667 e. The number of ether oxygens (including phenoxy) is 1. The van der Waals surface area contributed by atoms with Crippen LogP contribution < -0.4 is 4.98 Å². The number of aromatic nitrogens is 1. The highest BCUT2D eigenvalue weighted by molar-refractivity contribution is 5.94. The maximum Gasteiger partial charge on any atom is 0.334 e. The van der Waals surface area contributed by atoms with Gasteiger partial charge in [0.2, 0.25) is 0 Å². The van der Waals surface area contributed by atoms with Crippen molar-refractivity contribution in [1.82, 2.24) is 4.98 Å². The van der Waals surface area contributed by atoms with E-state index in [2.05, 4.69) is 24.1 Å². The van der Waals surface area contributed by atoms with Crippen LogP contribution in [0.2, 0.25) is 0 Å². The molecule has 0 saturated heterocycles. The van der Waals surface area contributed by atoms with Crippen LogP contribution in [-0.4, -0.2) is 35.5 Å². The number of hydrogen-bond donors (Lipinski definition) is 2. The standard InChI is InChI=1S/C23H26NO4/c1-20-11-17-15(7-9-24-17)21-8-3-4-13-5-6-14(20)10-16(23(13,20)21)18(19(25)26)22(21,27)12-28-2/h3,7-9,13-14,27H,4-6,10-12H2,1-2H3,(H,25,26)/q-1/t13-,14-,20+,21-,22+,23-/m1/s1. The van der Waals surface area contributed by atoms with Gasteiger partial charge in [-0.2, -0.15) is 11.9 Å². The Morgan fingerprint density at radius 3 is 2.89 bits per heavy atom. The first-order chi connectivity index (χ1) is 13.4. The van der Waals surface area contributed by atoms with Crippen molar-refractivity contribution in [2.45, 2.75) is 50.0 Å². The van der Waals surface area contributed by atoms with E-state index in [4.69, 9.17) is 4.74 Å². The SMILES string of the molecule is COC[C@]1(O)C(C(=O)O)=C2C[C@H]3CC[C@H]4CC=C[C@@]15c1cc[n-]c1C[C@]3(C)[C@]245. The molecule has 6 rings (SSSR count). The fraction of sp³-hybridized carbons (Fsp3) is 0.609. The van der Waals surface area contributed by atoms with E-state index >= 15 is 0 Å². The topological polar surface area (TPSA) is 80.9 Å². The molecular weight excluding hydrogens is 354 g/mol. The number of carboxylic acid groups (broad SMARTS) is 1. The van der Waals surface area contributed by atoms with E-state index in [1.165, 1.54) is 0 Å². The van der Waals surface area contributed by atoms with Crippen LogP contribution in [0.1, 0.15) is 43.9 Å². The minimum atomic E-state index is -1.59. The number of allylic oxidation sites excluding steroid dienone is 2. The maximum atomic E-state index is 12.6. The third-order valence-corrected chi connectivity index (χ3v) is 9.29. The van der Waals surface area contributed by atoms with Crippen LogP contribution >= 0.6 is 0 Å². The Hall–Kier alpha value is -1.85. The molecule has 5 aliphatic rings. The summed E-state index contributed by atoms with van der Waals surface area (Å²) in [5.74, 6) is -0.210. The van der Waals surface area contributed by atoms with Gasteiger partial charge in [-0.1, -0.05) is 30.7 Å². The predicted molar refractivity (Wildman–Crippen MR) is 102 cm³/mol. The molecule has 1 aromatic heterocycles. The van der Waals surface area contributed by atoms with Crippen molar-refractivity contribution >= 4 is 5.97 Å². The van der Waals surface area contributed by atoms with Crippen LogP contribution in [0, 0.1) is 22.7 Å². The molecule has 1 heterocycles. The van der Waals surface area contributed by atoms with Gasteiger partial charge in [-0.15, -0.1) is 0 Å². The monoisotopic (exact) mass is 380 g/mol. The minimum absolute atomic E-state index is 0.0255. The Bertz CT molecular complexity index is 975. The highest BCUT2D eigenvalue weighted by atomic mass is 16.5. The molecule has 6 atom stereocenters. The first-order valence-electron chi connectivity index (χ1n) is 10.4. The molecule has 2 N–H and O–H groups in total. The van der Waals surface area contributed by atoms with Crippen molar-refractivity contribution in [1.29, 1.82) is 0 Å². The van der Waals surface area contributed by atoms with Gasteiger partial charge in [0, 0.05) is 12.5 Å². The van der Waals surface area contributed by atoms with Gasteiger partial charge >= 0.3 is 5.97 Å². The van der Waals surface area contributed by atoms with Crippen LogP contribution in [-0.2, 0) is 21.4 Å². The third-order valence-electron chi connectivity index (χ3n) is 9.29. The zero-order chi connectivity index (χ0) is 19.5. The molecule has 0 unspecified atom stereocenters. The Balaban J connectivity index is 1.83. The average Bonchev–Trinajstić information content (AvgIpc) is 3.19. The van der Waals surface area contributed by atoms with E-state index in [0.29, 0.717) is 11.8 Å². The maximum absolute atomic E-state index is 12.6. The number of aliphatic carboxylic acids is 1. The van der Waals surface area contributed by atoms with Crippen LogP contribution in [0.3, 0.4) is 0 Å². The first kappa shape index (κ1) is 17.0. The number of fused-ring (bicyclic) bond motifs is 1. The van der Waals surface area contributed by atoms with E-state index in [1.54, 1.807) is 7.11 Å². The van der Waals surface area contributed by atoms with Crippen molar-refractivity contribution in [3.05, 3.63) is 46.8 Å². The molecule has 0 aliphatic heterocycles. The van der Waals surface area contributed by atoms with E-state index in [0.717, 1.165) is 48.9 Å². The molecule has 1 aromatic rings. The fourth-order valence-corrected chi connectivity index (χ4v) is 8.83. The molecule has 28 heavy (non-hydrogen) atoms. The molecule has 5 aliphatic carbocycles. The van der Waals surface area contributed by atoms with Gasteiger partial charge in [0.1, 0.15) is 5.60 Å².